The van der Waals surface area contributed by atoms with Crippen LogP contribution in [0.4, 0.5) is 15.9 Å². The molecule has 2 aromatic rings. The minimum absolute atomic E-state index is 0.150. The lowest BCUT2D eigenvalue weighted by Crippen LogP contribution is -2.05. The van der Waals surface area contributed by atoms with Crippen molar-refractivity contribution in [3.8, 4) is 0 Å². The summed E-state index contributed by atoms with van der Waals surface area (Å²) in [5.41, 5.74) is 3.20. The Labute approximate surface area is 115 Å². The number of aryl methyl sites for hydroxylation is 2. The van der Waals surface area contributed by atoms with Crippen LogP contribution in [0.1, 0.15) is 27.9 Å². The lowest BCUT2D eigenvalue weighted by molar-refractivity contribution is 0.0697. The molecule has 1 heterocycles. The smallest absolute Gasteiger partial charge is 0.339 e. The summed E-state index contributed by atoms with van der Waals surface area (Å²) in [6, 6.07) is 6.89. The topological polar surface area (TPSA) is 62.2 Å². The first-order chi connectivity index (χ1) is 9.63. The third kappa shape index (κ3) is 2.34. The fourth-order valence-electron chi connectivity index (χ4n) is 2.49. The molecule has 0 bridgehead atoms. The van der Waals surface area contributed by atoms with E-state index in [1.165, 1.54) is 11.1 Å². The van der Waals surface area contributed by atoms with Gasteiger partial charge in [0.05, 0.1) is 6.20 Å². The van der Waals surface area contributed by atoms with E-state index < -0.39 is 11.8 Å². The molecule has 0 saturated heterocycles. The molecular weight excluding hydrogens is 259 g/mol. The van der Waals surface area contributed by atoms with Gasteiger partial charge in [-0.3, -0.25) is 0 Å². The Bertz CT molecular complexity index is 686. The Hall–Kier alpha value is -2.43. The standard InChI is InChI=1S/C15H13FN2O2/c16-11-7-13(15(19)20)14(17-8-11)18-12-5-4-9-2-1-3-10(9)6-12/h4-8H,1-3H2,(H,17,18)(H,19,20). The van der Waals surface area contributed by atoms with Gasteiger partial charge in [-0.2, -0.15) is 0 Å². The third-order valence-electron chi connectivity index (χ3n) is 3.45. The van der Waals surface area contributed by atoms with Gasteiger partial charge in [-0.25, -0.2) is 14.2 Å². The molecule has 102 valence electrons. The minimum atomic E-state index is -1.21. The number of carboxylic acids is 1. The maximum absolute atomic E-state index is 13.1. The number of fused-ring (bicyclic) bond motifs is 1. The minimum Gasteiger partial charge on any atom is -0.478 e. The van der Waals surface area contributed by atoms with Crippen LogP contribution in [0, 0.1) is 5.82 Å². The zero-order chi connectivity index (χ0) is 14.1. The number of rotatable bonds is 3. The second-order valence-electron chi connectivity index (χ2n) is 4.82. The molecule has 2 N–H and O–H groups in total. The molecule has 20 heavy (non-hydrogen) atoms. The summed E-state index contributed by atoms with van der Waals surface area (Å²) in [4.78, 5) is 14.9. The van der Waals surface area contributed by atoms with Crippen LogP contribution in [0.25, 0.3) is 0 Å². The van der Waals surface area contributed by atoms with Gasteiger partial charge >= 0.3 is 5.97 Å². The number of nitrogens with one attached hydrogen (secondary N) is 1. The SMILES string of the molecule is O=C(O)c1cc(F)cnc1Nc1ccc2c(c1)CCC2. The Kier molecular flexibility index (Phi) is 3.10. The maximum atomic E-state index is 13.1. The van der Waals surface area contributed by atoms with Gasteiger partial charge in [-0.1, -0.05) is 6.07 Å². The summed E-state index contributed by atoms with van der Waals surface area (Å²) in [5, 5.41) is 12.0. The van der Waals surface area contributed by atoms with Crippen LogP contribution in [0.5, 0.6) is 0 Å². The van der Waals surface area contributed by atoms with Crippen molar-refractivity contribution >= 4 is 17.5 Å². The predicted molar refractivity (Wildman–Crippen MR) is 72.9 cm³/mol. The van der Waals surface area contributed by atoms with Crippen LogP contribution < -0.4 is 5.32 Å². The van der Waals surface area contributed by atoms with Gasteiger partial charge in [0.2, 0.25) is 0 Å². The van der Waals surface area contributed by atoms with Crippen molar-refractivity contribution in [2.45, 2.75) is 19.3 Å². The lowest BCUT2D eigenvalue weighted by Gasteiger charge is -2.10. The van der Waals surface area contributed by atoms with Crippen LogP contribution in [0.15, 0.2) is 30.5 Å². The summed E-state index contributed by atoms with van der Waals surface area (Å²) in [5.74, 6) is -1.72. The average molecular weight is 272 g/mol. The first-order valence-electron chi connectivity index (χ1n) is 6.41. The maximum Gasteiger partial charge on any atom is 0.339 e. The van der Waals surface area contributed by atoms with Gasteiger partial charge in [0.1, 0.15) is 17.2 Å². The number of benzene rings is 1. The quantitative estimate of drug-likeness (QED) is 0.901. The van der Waals surface area contributed by atoms with Crippen molar-refractivity contribution in [3.05, 3.63) is 53.0 Å². The second kappa shape index (κ2) is 4.92. The Morgan fingerprint density at radius 2 is 2.05 bits per heavy atom. The monoisotopic (exact) mass is 272 g/mol. The fraction of sp³-hybridized carbons (Fsp3) is 0.200. The largest absolute Gasteiger partial charge is 0.478 e. The van der Waals surface area contributed by atoms with Crippen molar-refractivity contribution < 1.29 is 14.3 Å². The molecule has 1 aromatic carbocycles. The number of halogens is 1. The van der Waals surface area contributed by atoms with Gasteiger partial charge in [-0.05, 0) is 48.6 Å². The van der Waals surface area contributed by atoms with E-state index in [-0.39, 0.29) is 11.4 Å². The van der Waals surface area contributed by atoms with E-state index in [4.69, 9.17) is 5.11 Å². The van der Waals surface area contributed by atoms with Crippen molar-refractivity contribution in [3.63, 3.8) is 0 Å². The molecule has 0 unspecified atom stereocenters. The van der Waals surface area contributed by atoms with Gasteiger partial charge < -0.3 is 10.4 Å². The fourth-order valence-corrected chi connectivity index (χ4v) is 2.49. The molecule has 0 radical (unpaired) electrons. The van der Waals surface area contributed by atoms with Crippen LogP contribution in [-0.2, 0) is 12.8 Å². The zero-order valence-electron chi connectivity index (χ0n) is 10.7. The molecule has 5 heteroatoms. The number of anilines is 2. The second-order valence-corrected chi connectivity index (χ2v) is 4.82. The van der Waals surface area contributed by atoms with Crippen molar-refractivity contribution in [1.29, 1.82) is 0 Å². The lowest BCUT2D eigenvalue weighted by atomic mass is 10.1. The van der Waals surface area contributed by atoms with Gasteiger partial charge in [0.15, 0.2) is 0 Å². The Morgan fingerprint density at radius 3 is 2.85 bits per heavy atom. The number of hydrogen-bond donors (Lipinski definition) is 2. The van der Waals surface area contributed by atoms with Crippen molar-refractivity contribution in [2.24, 2.45) is 0 Å². The highest BCUT2D eigenvalue weighted by Crippen LogP contribution is 2.27. The summed E-state index contributed by atoms with van der Waals surface area (Å²) in [6.07, 6.45) is 4.27. The molecule has 1 aliphatic rings. The van der Waals surface area contributed by atoms with Crippen molar-refractivity contribution in [1.82, 2.24) is 4.98 Å². The molecular formula is C15H13FN2O2. The molecule has 3 rings (SSSR count). The summed E-state index contributed by atoms with van der Waals surface area (Å²) < 4.78 is 13.1. The van der Waals surface area contributed by atoms with Crippen LogP contribution >= 0.6 is 0 Å². The van der Waals surface area contributed by atoms with Crippen LogP contribution in [0.3, 0.4) is 0 Å². The average Bonchev–Trinajstić information content (AvgIpc) is 2.88. The number of aromatic nitrogens is 1. The normalized spacial score (nSPS) is 13.1. The van der Waals surface area contributed by atoms with E-state index in [0.717, 1.165) is 37.2 Å². The number of nitrogens with zero attached hydrogens (tertiary/aromatic N) is 1. The summed E-state index contributed by atoms with van der Waals surface area (Å²) in [6.45, 7) is 0. The third-order valence-corrected chi connectivity index (χ3v) is 3.45. The first-order valence-corrected chi connectivity index (χ1v) is 6.41. The Morgan fingerprint density at radius 1 is 1.25 bits per heavy atom. The van der Waals surface area contributed by atoms with Gasteiger partial charge in [0.25, 0.3) is 0 Å². The number of pyridine rings is 1. The highest BCUT2D eigenvalue weighted by molar-refractivity contribution is 5.93. The van der Waals surface area contributed by atoms with E-state index in [9.17, 15) is 9.18 Å². The molecule has 4 nitrogen and oxygen atoms in total. The molecule has 0 fully saturated rings. The molecule has 0 atom stereocenters. The Balaban J connectivity index is 1.93. The number of hydrogen-bond acceptors (Lipinski definition) is 3. The van der Waals surface area contributed by atoms with Crippen molar-refractivity contribution in [2.75, 3.05) is 5.32 Å². The van der Waals surface area contributed by atoms with E-state index in [1.54, 1.807) is 0 Å². The summed E-state index contributed by atoms with van der Waals surface area (Å²) >= 11 is 0. The first kappa shape index (κ1) is 12.6. The van der Waals surface area contributed by atoms with Gasteiger partial charge in [-0.15, -0.1) is 0 Å². The summed E-state index contributed by atoms with van der Waals surface area (Å²) in [7, 11) is 0. The molecule has 0 amide bonds. The highest BCUT2D eigenvalue weighted by atomic mass is 19.1. The van der Waals surface area contributed by atoms with Crippen LogP contribution in [-0.4, -0.2) is 16.1 Å². The van der Waals surface area contributed by atoms with E-state index >= 15 is 0 Å². The molecule has 0 spiro atoms. The van der Waals surface area contributed by atoms with Crippen LogP contribution in [0.2, 0.25) is 0 Å². The van der Waals surface area contributed by atoms with E-state index in [1.807, 2.05) is 18.2 Å². The molecule has 0 saturated carbocycles. The number of aromatic carboxylic acids is 1. The van der Waals surface area contributed by atoms with E-state index in [2.05, 4.69) is 10.3 Å². The molecule has 1 aliphatic carbocycles. The van der Waals surface area contributed by atoms with E-state index in [0.29, 0.717) is 0 Å². The zero-order valence-corrected chi connectivity index (χ0v) is 10.7. The number of carbonyl (C=O) groups is 1. The van der Waals surface area contributed by atoms with Gasteiger partial charge in [0, 0.05) is 5.69 Å². The molecule has 0 aliphatic heterocycles. The number of carboxylic acid groups (broad SMARTS) is 1. The predicted octanol–water partition coefficient (Wildman–Crippen LogP) is 3.15. The highest BCUT2D eigenvalue weighted by Gasteiger charge is 2.15. The molecule has 1 aromatic heterocycles.